The Balaban J connectivity index is 1.95. The van der Waals surface area contributed by atoms with Gasteiger partial charge in [0.15, 0.2) is 6.29 Å². The number of aliphatic hydroxyl groups excluding tert-OH is 1. The molecule has 23 heavy (non-hydrogen) atoms. The summed E-state index contributed by atoms with van der Waals surface area (Å²) in [7, 11) is 3.39. The Morgan fingerprint density at radius 3 is 2.91 bits per heavy atom. The van der Waals surface area contributed by atoms with Crippen LogP contribution in [0.25, 0.3) is 33.3 Å². The van der Waals surface area contributed by atoms with Gasteiger partial charge >= 0.3 is 0 Å². The largest absolute Gasteiger partial charge is 0.364 e. The zero-order chi connectivity index (χ0) is 16.0. The molecule has 3 heterocycles. The number of methoxy groups -OCH3 is 1. The third kappa shape index (κ3) is 2.11. The zero-order valence-electron chi connectivity index (χ0n) is 12.8. The molecule has 0 aliphatic heterocycles. The van der Waals surface area contributed by atoms with Crippen molar-refractivity contribution < 1.29 is 9.84 Å². The molecule has 3 aromatic heterocycles. The average molecular weight is 308 g/mol. The second-order valence-corrected chi connectivity index (χ2v) is 5.42. The normalized spacial score (nSPS) is 13.0. The first-order chi connectivity index (χ1) is 11.2. The van der Waals surface area contributed by atoms with Crippen molar-refractivity contribution in [2.45, 2.75) is 6.29 Å². The van der Waals surface area contributed by atoms with E-state index in [-0.39, 0.29) is 0 Å². The van der Waals surface area contributed by atoms with Gasteiger partial charge in [-0.1, -0.05) is 18.2 Å². The van der Waals surface area contributed by atoms with Crippen LogP contribution in [0.1, 0.15) is 11.9 Å². The summed E-state index contributed by atoms with van der Waals surface area (Å²) in [6.45, 7) is 0. The van der Waals surface area contributed by atoms with Crippen molar-refractivity contribution in [3.05, 3.63) is 48.2 Å². The Kier molecular flexibility index (Phi) is 3.14. The minimum absolute atomic E-state index is 0.656. The molecule has 0 aliphatic rings. The predicted molar refractivity (Wildman–Crippen MR) is 87.8 cm³/mol. The average Bonchev–Trinajstić information content (AvgIpc) is 3.15. The Morgan fingerprint density at radius 2 is 2.09 bits per heavy atom. The van der Waals surface area contributed by atoms with Gasteiger partial charge in [-0.2, -0.15) is 5.10 Å². The van der Waals surface area contributed by atoms with Crippen molar-refractivity contribution in [2.24, 2.45) is 7.05 Å². The van der Waals surface area contributed by atoms with Gasteiger partial charge in [-0.25, -0.2) is 0 Å². The van der Waals surface area contributed by atoms with Crippen LogP contribution < -0.4 is 0 Å². The first kappa shape index (κ1) is 13.9. The van der Waals surface area contributed by atoms with Crippen molar-refractivity contribution in [2.75, 3.05) is 7.11 Å². The van der Waals surface area contributed by atoms with Crippen molar-refractivity contribution >= 4 is 21.9 Å². The standard InChI is InChI=1S/C17H16N4O2/c1-21-14-6-4-3-5-10(14)16(20-21)13-9-12-15(19-13)11(7-8-18-12)17(22)23-2/h3-9,17,19,22H,1-2H3. The van der Waals surface area contributed by atoms with E-state index in [4.69, 9.17) is 4.74 Å². The highest BCUT2D eigenvalue weighted by molar-refractivity contribution is 5.95. The number of aromatic amines is 1. The Labute approximate surface area is 132 Å². The first-order valence-electron chi connectivity index (χ1n) is 7.29. The number of fused-ring (bicyclic) bond motifs is 2. The SMILES string of the molecule is COC(O)c1ccnc2cc(-c3nn(C)c4ccccc34)[nH]c12. The number of pyridine rings is 1. The first-order valence-corrected chi connectivity index (χ1v) is 7.29. The number of ether oxygens (including phenoxy) is 1. The van der Waals surface area contributed by atoms with Crippen LogP contribution in [0.3, 0.4) is 0 Å². The lowest BCUT2D eigenvalue weighted by atomic mass is 10.2. The number of aryl methyl sites for hydroxylation is 1. The molecule has 0 aliphatic carbocycles. The molecule has 6 nitrogen and oxygen atoms in total. The molecule has 2 N–H and O–H groups in total. The summed E-state index contributed by atoms with van der Waals surface area (Å²) >= 11 is 0. The fourth-order valence-corrected chi connectivity index (χ4v) is 2.92. The molecule has 4 aromatic rings. The molecule has 1 unspecified atom stereocenters. The third-order valence-electron chi connectivity index (χ3n) is 4.06. The summed E-state index contributed by atoms with van der Waals surface area (Å²) in [5, 5.41) is 15.7. The van der Waals surface area contributed by atoms with Crippen LogP contribution in [0, 0.1) is 0 Å². The van der Waals surface area contributed by atoms with Crippen LogP contribution in [0.15, 0.2) is 42.6 Å². The number of benzene rings is 1. The van der Waals surface area contributed by atoms with Crippen molar-refractivity contribution in [1.29, 1.82) is 0 Å². The van der Waals surface area contributed by atoms with E-state index in [0.717, 1.165) is 33.3 Å². The number of nitrogens with one attached hydrogen (secondary N) is 1. The van der Waals surface area contributed by atoms with Crippen molar-refractivity contribution in [3.63, 3.8) is 0 Å². The molecular weight excluding hydrogens is 292 g/mol. The van der Waals surface area contributed by atoms with E-state index >= 15 is 0 Å². The number of hydrogen-bond donors (Lipinski definition) is 2. The van der Waals surface area contributed by atoms with Gasteiger partial charge in [0.1, 0.15) is 5.69 Å². The van der Waals surface area contributed by atoms with Gasteiger partial charge in [0, 0.05) is 31.3 Å². The molecule has 0 spiro atoms. The summed E-state index contributed by atoms with van der Waals surface area (Å²) in [4.78, 5) is 7.68. The van der Waals surface area contributed by atoms with E-state index in [1.807, 2.05) is 42.1 Å². The lowest BCUT2D eigenvalue weighted by Gasteiger charge is -2.08. The van der Waals surface area contributed by atoms with Gasteiger partial charge < -0.3 is 14.8 Å². The van der Waals surface area contributed by atoms with Gasteiger partial charge in [0.2, 0.25) is 0 Å². The lowest BCUT2D eigenvalue weighted by Crippen LogP contribution is -2.00. The summed E-state index contributed by atoms with van der Waals surface area (Å²) in [5.74, 6) is 0. The maximum atomic E-state index is 9.99. The number of rotatable bonds is 3. The molecule has 1 aromatic carbocycles. The molecular formula is C17H16N4O2. The Hall–Kier alpha value is -2.70. The lowest BCUT2D eigenvalue weighted by molar-refractivity contribution is -0.0760. The van der Waals surface area contributed by atoms with Crippen molar-refractivity contribution in [1.82, 2.24) is 19.7 Å². The van der Waals surface area contributed by atoms with Gasteiger partial charge in [0.05, 0.1) is 22.2 Å². The number of nitrogens with zero attached hydrogens (tertiary/aromatic N) is 3. The number of hydrogen-bond acceptors (Lipinski definition) is 4. The predicted octanol–water partition coefficient (Wildman–Crippen LogP) is 2.75. The summed E-state index contributed by atoms with van der Waals surface area (Å²) < 4.78 is 6.88. The quantitative estimate of drug-likeness (QED) is 0.571. The number of aromatic nitrogens is 4. The summed E-state index contributed by atoms with van der Waals surface area (Å²) in [5.41, 5.74) is 4.96. The van der Waals surface area contributed by atoms with E-state index in [1.54, 1.807) is 12.3 Å². The van der Waals surface area contributed by atoms with Gasteiger partial charge in [-0.05, 0) is 18.2 Å². The maximum absolute atomic E-state index is 9.99. The molecule has 0 amide bonds. The highest BCUT2D eigenvalue weighted by Crippen LogP contribution is 2.31. The van der Waals surface area contributed by atoms with E-state index in [2.05, 4.69) is 15.1 Å². The van der Waals surface area contributed by atoms with Crippen LogP contribution in [-0.4, -0.2) is 32.0 Å². The van der Waals surface area contributed by atoms with E-state index < -0.39 is 6.29 Å². The van der Waals surface area contributed by atoms with E-state index in [9.17, 15) is 5.11 Å². The van der Waals surface area contributed by atoms with Crippen LogP contribution in [-0.2, 0) is 11.8 Å². The summed E-state index contributed by atoms with van der Waals surface area (Å²) in [6, 6.07) is 11.7. The molecule has 0 radical (unpaired) electrons. The molecule has 0 fully saturated rings. The molecule has 1 atom stereocenters. The molecule has 0 saturated heterocycles. The van der Waals surface area contributed by atoms with Crippen LogP contribution in [0.2, 0.25) is 0 Å². The molecule has 0 bridgehead atoms. The van der Waals surface area contributed by atoms with Crippen LogP contribution in [0.4, 0.5) is 0 Å². The van der Waals surface area contributed by atoms with Crippen LogP contribution in [0.5, 0.6) is 0 Å². The number of para-hydroxylation sites is 1. The summed E-state index contributed by atoms with van der Waals surface area (Å²) in [6.07, 6.45) is 0.668. The number of aliphatic hydroxyl groups is 1. The topological polar surface area (TPSA) is 76.0 Å². The maximum Gasteiger partial charge on any atom is 0.182 e. The van der Waals surface area contributed by atoms with E-state index in [0.29, 0.717) is 5.56 Å². The highest BCUT2D eigenvalue weighted by atomic mass is 16.6. The molecule has 116 valence electrons. The minimum Gasteiger partial charge on any atom is -0.364 e. The molecule has 4 rings (SSSR count). The second kappa shape index (κ2) is 5.19. The zero-order valence-corrected chi connectivity index (χ0v) is 12.8. The fourth-order valence-electron chi connectivity index (χ4n) is 2.92. The van der Waals surface area contributed by atoms with Crippen LogP contribution >= 0.6 is 0 Å². The Bertz CT molecular complexity index is 1000. The van der Waals surface area contributed by atoms with E-state index in [1.165, 1.54) is 7.11 Å². The van der Waals surface area contributed by atoms with Gasteiger partial charge in [-0.15, -0.1) is 0 Å². The molecule has 6 heteroatoms. The van der Waals surface area contributed by atoms with Gasteiger partial charge in [0.25, 0.3) is 0 Å². The van der Waals surface area contributed by atoms with Crippen molar-refractivity contribution in [3.8, 4) is 11.4 Å². The molecule has 0 saturated carbocycles. The third-order valence-corrected chi connectivity index (χ3v) is 4.06. The second-order valence-electron chi connectivity index (χ2n) is 5.42. The monoisotopic (exact) mass is 308 g/mol. The smallest absolute Gasteiger partial charge is 0.182 e. The highest BCUT2D eigenvalue weighted by Gasteiger charge is 2.17. The Morgan fingerprint density at radius 1 is 1.26 bits per heavy atom. The minimum atomic E-state index is -0.993. The number of H-pyrrole nitrogens is 1. The fraction of sp³-hybridized carbons (Fsp3) is 0.176. The van der Waals surface area contributed by atoms with Gasteiger partial charge in [-0.3, -0.25) is 9.67 Å².